The molecule has 21 heavy (non-hydrogen) atoms. The lowest BCUT2D eigenvalue weighted by atomic mass is 10.2. The standard InChI is InChI=1S/C13H15Cl2N3O3/c14-10-7-9(8-11(12(10)15)18(20)21)13(19)16-3-6-17-4-1-2-5-17/h7-8H,1-6H2,(H,16,19). The summed E-state index contributed by atoms with van der Waals surface area (Å²) >= 11 is 11.6. The summed E-state index contributed by atoms with van der Waals surface area (Å²) < 4.78 is 0. The minimum Gasteiger partial charge on any atom is -0.351 e. The molecule has 0 radical (unpaired) electrons. The highest BCUT2D eigenvalue weighted by Crippen LogP contribution is 2.32. The molecule has 0 aromatic heterocycles. The number of carbonyl (C=O) groups excluding carboxylic acids is 1. The van der Waals surface area contributed by atoms with Gasteiger partial charge in [0.2, 0.25) is 0 Å². The first-order valence-electron chi connectivity index (χ1n) is 6.63. The van der Waals surface area contributed by atoms with Gasteiger partial charge in [-0.15, -0.1) is 0 Å². The van der Waals surface area contributed by atoms with Crippen LogP contribution in [0.5, 0.6) is 0 Å². The number of hydrogen-bond donors (Lipinski definition) is 1. The molecule has 0 saturated carbocycles. The van der Waals surface area contributed by atoms with Crippen LogP contribution in [0, 0.1) is 10.1 Å². The number of rotatable bonds is 5. The maximum atomic E-state index is 12.0. The predicted molar refractivity (Wildman–Crippen MR) is 81.1 cm³/mol. The molecule has 6 nitrogen and oxygen atoms in total. The Labute approximate surface area is 132 Å². The second-order valence-corrected chi connectivity index (χ2v) is 5.64. The molecule has 2 rings (SSSR count). The average Bonchev–Trinajstić information content (AvgIpc) is 2.94. The first-order valence-corrected chi connectivity index (χ1v) is 7.38. The molecule has 1 aromatic rings. The van der Waals surface area contributed by atoms with Crippen LogP contribution in [0.15, 0.2) is 12.1 Å². The molecule has 1 amide bonds. The lowest BCUT2D eigenvalue weighted by Gasteiger charge is -2.14. The zero-order valence-corrected chi connectivity index (χ0v) is 12.8. The van der Waals surface area contributed by atoms with E-state index in [9.17, 15) is 14.9 Å². The molecule has 8 heteroatoms. The highest BCUT2D eigenvalue weighted by Gasteiger charge is 2.20. The van der Waals surface area contributed by atoms with E-state index in [1.807, 2.05) is 0 Å². The van der Waals surface area contributed by atoms with E-state index in [1.165, 1.54) is 18.9 Å². The first kappa shape index (κ1) is 16.0. The van der Waals surface area contributed by atoms with Crippen molar-refractivity contribution < 1.29 is 9.72 Å². The summed E-state index contributed by atoms with van der Waals surface area (Å²) in [6.45, 7) is 3.37. The fourth-order valence-electron chi connectivity index (χ4n) is 2.27. The topological polar surface area (TPSA) is 75.5 Å². The Balaban J connectivity index is 1.99. The lowest BCUT2D eigenvalue weighted by Crippen LogP contribution is -2.33. The summed E-state index contributed by atoms with van der Waals surface area (Å²) in [7, 11) is 0. The monoisotopic (exact) mass is 331 g/mol. The number of likely N-dealkylation sites (tertiary alicyclic amines) is 1. The van der Waals surface area contributed by atoms with Crippen LogP contribution < -0.4 is 5.32 Å². The van der Waals surface area contributed by atoms with Gasteiger partial charge in [-0.1, -0.05) is 23.2 Å². The van der Waals surface area contributed by atoms with Crippen LogP contribution in [0.1, 0.15) is 23.2 Å². The Morgan fingerprint density at radius 2 is 2.00 bits per heavy atom. The molecule has 1 heterocycles. The van der Waals surface area contributed by atoms with E-state index < -0.39 is 10.8 Å². The van der Waals surface area contributed by atoms with Gasteiger partial charge in [0.1, 0.15) is 5.02 Å². The predicted octanol–water partition coefficient (Wildman–Crippen LogP) is 2.73. The first-order chi connectivity index (χ1) is 9.99. The molecule has 0 spiro atoms. The maximum absolute atomic E-state index is 12.0. The summed E-state index contributed by atoms with van der Waals surface area (Å²) in [4.78, 5) is 24.5. The number of nitrogens with zero attached hydrogens (tertiary/aromatic N) is 2. The van der Waals surface area contributed by atoms with Gasteiger partial charge in [-0.3, -0.25) is 14.9 Å². The Morgan fingerprint density at radius 3 is 2.62 bits per heavy atom. The van der Waals surface area contributed by atoms with Crippen molar-refractivity contribution in [3.63, 3.8) is 0 Å². The number of nitro benzene ring substituents is 1. The van der Waals surface area contributed by atoms with E-state index in [2.05, 4.69) is 10.2 Å². The normalized spacial score (nSPS) is 15.1. The molecular weight excluding hydrogens is 317 g/mol. The molecule has 1 saturated heterocycles. The van der Waals surface area contributed by atoms with Gasteiger partial charge in [-0.2, -0.15) is 0 Å². The second-order valence-electron chi connectivity index (χ2n) is 4.85. The van der Waals surface area contributed by atoms with Gasteiger partial charge < -0.3 is 10.2 Å². The number of nitrogens with one attached hydrogen (secondary N) is 1. The van der Waals surface area contributed by atoms with Crippen LogP contribution in [-0.2, 0) is 0 Å². The van der Waals surface area contributed by atoms with Crippen LogP contribution >= 0.6 is 23.2 Å². The van der Waals surface area contributed by atoms with E-state index in [4.69, 9.17) is 23.2 Å². The average molecular weight is 332 g/mol. The van der Waals surface area contributed by atoms with Gasteiger partial charge >= 0.3 is 0 Å². The number of amides is 1. The summed E-state index contributed by atoms with van der Waals surface area (Å²) in [6, 6.07) is 2.47. The molecule has 0 unspecified atom stereocenters. The number of hydrogen-bond acceptors (Lipinski definition) is 4. The Morgan fingerprint density at radius 1 is 1.33 bits per heavy atom. The zero-order chi connectivity index (χ0) is 15.4. The number of nitro groups is 1. The van der Waals surface area contributed by atoms with E-state index in [-0.39, 0.29) is 21.3 Å². The zero-order valence-electron chi connectivity index (χ0n) is 11.3. The molecule has 0 atom stereocenters. The summed E-state index contributed by atoms with van der Waals surface area (Å²) in [5, 5.41) is 13.4. The van der Waals surface area contributed by atoms with Crippen molar-refractivity contribution in [3.05, 3.63) is 37.9 Å². The van der Waals surface area contributed by atoms with Gasteiger partial charge in [-0.05, 0) is 32.0 Å². The van der Waals surface area contributed by atoms with Crippen molar-refractivity contribution in [2.45, 2.75) is 12.8 Å². The fraction of sp³-hybridized carbons (Fsp3) is 0.462. The number of benzene rings is 1. The van der Waals surface area contributed by atoms with Crippen LogP contribution in [0.2, 0.25) is 10.0 Å². The Kier molecular flexibility index (Phi) is 5.39. The third kappa shape index (κ3) is 4.06. The summed E-state index contributed by atoms with van der Waals surface area (Å²) in [5.74, 6) is -0.393. The highest BCUT2D eigenvalue weighted by molar-refractivity contribution is 6.43. The summed E-state index contributed by atoms with van der Waals surface area (Å²) in [6.07, 6.45) is 2.37. The minimum absolute atomic E-state index is 0.00411. The maximum Gasteiger partial charge on any atom is 0.290 e. The minimum atomic E-state index is -0.658. The van der Waals surface area contributed by atoms with Crippen molar-refractivity contribution in [3.8, 4) is 0 Å². The van der Waals surface area contributed by atoms with Gasteiger partial charge in [-0.25, -0.2) is 0 Å². The van der Waals surface area contributed by atoms with E-state index >= 15 is 0 Å². The van der Waals surface area contributed by atoms with Crippen molar-refractivity contribution in [2.75, 3.05) is 26.2 Å². The number of halogens is 2. The van der Waals surface area contributed by atoms with Crippen molar-refractivity contribution in [1.82, 2.24) is 10.2 Å². The second kappa shape index (κ2) is 7.06. The van der Waals surface area contributed by atoms with Crippen LogP contribution in [0.25, 0.3) is 0 Å². The van der Waals surface area contributed by atoms with Gasteiger partial charge in [0, 0.05) is 24.7 Å². The van der Waals surface area contributed by atoms with Crippen LogP contribution in [0.4, 0.5) is 5.69 Å². The fourth-order valence-corrected chi connectivity index (χ4v) is 2.67. The van der Waals surface area contributed by atoms with Crippen LogP contribution in [0.3, 0.4) is 0 Å². The van der Waals surface area contributed by atoms with E-state index in [0.717, 1.165) is 25.7 Å². The molecule has 0 bridgehead atoms. The molecular formula is C13H15Cl2N3O3. The molecule has 1 aliphatic rings. The van der Waals surface area contributed by atoms with E-state index in [1.54, 1.807) is 0 Å². The van der Waals surface area contributed by atoms with Crippen LogP contribution in [-0.4, -0.2) is 41.9 Å². The Bertz CT molecular complexity index is 560. The molecule has 1 aromatic carbocycles. The van der Waals surface area contributed by atoms with Gasteiger partial charge in [0.15, 0.2) is 0 Å². The molecule has 114 valence electrons. The van der Waals surface area contributed by atoms with Crippen molar-refractivity contribution in [1.29, 1.82) is 0 Å². The quantitative estimate of drug-likeness (QED) is 0.664. The third-order valence-electron chi connectivity index (χ3n) is 3.38. The lowest BCUT2D eigenvalue weighted by molar-refractivity contribution is -0.384. The molecule has 0 aliphatic carbocycles. The highest BCUT2D eigenvalue weighted by atomic mass is 35.5. The van der Waals surface area contributed by atoms with Crippen molar-refractivity contribution in [2.24, 2.45) is 0 Å². The van der Waals surface area contributed by atoms with Gasteiger partial charge in [0.25, 0.3) is 11.6 Å². The van der Waals surface area contributed by atoms with Gasteiger partial charge in [0.05, 0.1) is 9.95 Å². The van der Waals surface area contributed by atoms with Crippen molar-refractivity contribution >= 4 is 34.8 Å². The number of carbonyl (C=O) groups is 1. The summed E-state index contributed by atoms with van der Waals surface area (Å²) in [5.41, 5.74) is -0.230. The Hall–Kier alpha value is -1.37. The smallest absolute Gasteiger partial charge is 0.290 e. The SMILES string of the molecule is O=C(NCCN1CCCC1)c1cc(Cl)c(Cl)c([N+](=O)[O-])c1. The molecule has 1 aliphatic heterocycles. The largest absolute Gasteiger partial charge is 0.351 e. The molecule has 1 N–H and O–H groups in total. The molecule has 1 fully saturated rings. The van der Waals surface area contributed by atoms with E-state index in [0.29, 0.717) is 6.54 Å². The third-order valence-corrected chi connectivity index (χ3v) is 4.17.